The van der Waals surface area contributed by atoms with Crippen LogP contribution in [-0.2, 0) is 30.6 Å². The highest BCUT2D eigenvalue weighted by molar-refractivity contribution is 7.09. The molecule has 1 aliphatic heterocycles. The molecule has 2 aromatic rings. The highest BCUT2D eigenvalue weighted by atomic mass is 32.1. The van der Waals surface area contributed by atoms with E-state index in [0.29, 0.717) is 30.5 Å². The maximum atomic E-state index is 12.6. The normalized spacial score (nSPS) is 15.1. The first-order valence-corrected chi connectivity index (χ1v) is 10.1. The van der Waals surface area contributed by atoms with E-state index < -0.39 is 11.9 Å². The summed E-state index contributed by atoms with van der Waals surface area (Å²) in [5, 5.41) is 7.47. The van der Waals surface area contributed by atoms with Gasteiger partial charge in [0.25, 0.3) is 0 Å². The van der Waals surface area contributed by atoms with Crippen LogP contribution >= 0.6 is 11.3 Å². The van der Waals surface area contributed by atoms with E-state index in [2.05, 4.69) is 20.6 Å². The van der Waals surface area contributed by atoms with E-state index in [1.54, 1.807) is 7.05 Å². The zero-order valence-corrected chi connectivity index (χ0v) is 16.7. The van der Waals surface area contributed by atoms with Crippen LogP contribution in [0.15, 0.2) is 34.6 Å². The molecule has 1 aromatic carbocycles. The van der Waals surface area contributed by atoms with Crippen LogP contribution in [0.3, 0.4) is 0 Å². The molecule has 0 radical (unpaired) electrons. The molecule has 0 spiro atoms. The third kappa shape index (κ3) is 5.69. The number of halogens is 3. The van der Waals surface area contributed by atoms with Crippen LogP contribution in [0, 0.1) is 0 Å². The third-order valence-corrected chi connectivity index (χ3v) is 5.42. The maximum absolute atomic E-state index is 12.6. The van der Waals surface area contributed by atoms with E-state index in [-0.39, 0.29) is 12.5 Å². The standard InChI is InChI=1S/C19H22F3N5OS/c1-23-18(25-10-16-26-15(12-29-16)19(20,21)22)24-9-13-5-2-3-6-14(13)11-27-8-4-7-17(27)28/h2-3,5-6,12H,4,7-11H2,1H3,(H2,23,24,25). The molecule has 3 rings (SSSR count). The molecule has 156 valence electrons. The molecular weight excluding hydrogens is 403 g/mol. The van der Waals surface area contributed by atoms with Crippen LogP contribution in [0.4, 0.5) is 13.2 Å². The molecule has 6 nitrogen and oxygen atoms in total. The predicted octanol–water partition coefficient (Wildman–Crippen LogP) is 3.15. The number of rotatable bonds is 6. The summed E-state index contributed by atoms with van der Waals surface area (Å²) in [6.45, 7) is 1.97. The lowest BCUT2D eigenvalue weighted by atomic mass is 10.1. The van der Waals surface area contributed by atoms with Gasteiger partial charge in [-0.2, -0.15) is 13.2 Å². The third-order valence-electron chi connectivity index (χ3n) is 4.57. The van der Waals surface area contributed by atoms with E-state index in [4.69, 9.17) is 0 Å². The Labute approximate surface area is 170 Å². The van der Waals surface area contributed by atoms with Crippen molar-refractivity contribution in [1.82, 2.24) is 20.5 Å². The van der Waals surface area contributed by atoms with Crippen molar-refractivity contribution in [1.29, 1.82) is 0 Å². The second kappa shape index (κ2) is 9.25. The van der Waals surface area contributed by atoms with Crippen LogP contribution in [0.2, 0.25) is 0 Å². The van der Waals surface area contributed by atoms with E-state index in [1.165, 1.54) is 0 Å². The second-order valence-corrected chi connectivity index (χ2v) is 7.53. The molecule has 0 atom stereocenters. The highest BCUT2D eigenvalue weighted by Gasteiger charge is 2.33. The van der Waals surface area contributed by atoms with Gasteiger partial charge in [-0.25, -0.2) is 4.98 Å². The molecule has 0 unspecified atom stereocenters. The van der Waals surface area contributed by atoms with E-state index in [1.807, 2.05) is 29.2 Å². The van der Waals surface area contributed by atoms with Gasteiger partial charge in [0.05, 0.1) is 6.54 Å². The number of hydrogen-bond donors (Lipinski definition) is 2. The fraction of sp³-hybridized carbons (Fsp3) is 0.421. The van der Waals surface area contributed by atoms with Gasteiger partial charge in [0.1, 0.15) is 5.01 Å². The number of nitrogens with one attached hydrogen (secondary N) is 2. The average Bonchev–Trinajstić information content (AvgIpc) is 3.32. The Morgan fingerprint density at radius 1 is 1.24 bits per heavy atom. The van der Waals surface area contributed by atoms with Gasteiger partial charge in [-0.3, -0.25) is 9.79 Å². The number of amides is 1. The summed E-state index contributed by atoms with van der Waals surface area (Å²) in [4.78, 5) is 21.4. The van der Waals surface area contributed by atoms with Crippen LogP contribution in [0.5, 0.6) is 0 Å². The minimum Gasteiger partial charge on any atom is -0.352 e. The zero-order chi connectivity index (χ0) is 20.9. The Bertz CT molecular complexity index is 881. The van der Waals surface area contributed by atoms with Crippen molar-refractivity contribution in [2.24, 2.45) is 4.99 Å². The molecular formula is C19H22F3N5OS. The van der Waals surface area contributed by atoms with Gasteiger partial charge in [0.15, 0.2) is 11.7 Å². The summed E-state index contributed by atoms with van der Waals surface area (Å²) in [6.07, 6.45) is -2.94. The number of guanidine groups is 1. The molecule has 2 heterocycles. The van der Waals surface area contributed by atoms with Gasteiger partial charge in [-0.15, -0.1) is 11.3 Å². The predicted molar refractivity (Wildman–Crippen MR) is 105 cm³/mol. The Kier molecular flexibility index (Phi) is 6.73. The first kappa shape index (κ1) is 21.1. The summed E-state index contributed by atoms with van der Waals surface area (Å²) in [5.41, 5.74) is 1.21. The number of thiazole rings is 1. The number of likely N-dealkylation sites (tertiary alicyclic amines) is 1. The van der Waals surface area contributed by atoms with Crippen molar-refractivity contribution in [2.75, 3.05) is 13.6 Å². The van der Waals surface area contributed by atoms with Crippen LogP contribution in [0.1, 0.15) is 34.7 Å². The number of nitrogens with zero attached hydrogens (tertiary/aromatic N) is 3. The Morgan fingerprint density at radius 3 is 2.59 bits per heavy atom. The van der Waals surface area contributed by atoms with Gasteiger partial charge >= 0.3 is 6.18 Å². The molecule has 2 N–H and O–H groups in total. The van der Waals surface area contributed by atoms with Crippen molar-refractivity contribution < 1.29 is 18.0 Å². The minimum atomic E-state index is -4.44. The smallest absolute Gasteiger partial charge is 0.352 e. The fourth-order valence-corrected chi connectivity index (χ4v) is 3.78. The quantitative estimate of drug-likeness (QED) is 0.551. The first-order chi connectivity index (χ1) is 13.9. The van der Waals surface area contributed by atoms with Crippen molar-refractivity contribution in [3.63, 3.8) is 0 Å². The van der Waals surface area contributed by atoms with Crippen molar-refractivity contribution >= 4 is 23.2 Å². The van der Waals surface area contributed by atoms with Crippen LogP contribution in [0.25, 0.3) is 0 Å². The molecule has 0 bridgehead atoms. The molecule has 1 amide bonds. The molecule has 0 aliphatic carbocycles. The first-order valence-electron chi connectivity index (χ1n) is 9.17. The van der Waals surface area contributed by atoms with E-state index >= 15 is 0 Å². The lowest BCUT2D eigenvalue weighted by Crippen LogP contribution is -2.36. The van der Waals surface area contributed by atoms with Crippen molar-refractivity contribution in [3.05, 3.63) is 51.5 Å². The summed E-state index contributed by atoms with van der Waals surface area (Å²) >= 11 is 0.950. The number of carbonyl (C=O) groups excluding carboxylic acids is 1. The number of alkyl halides is 3. The summed E-state index contributed by atoms with van der Waals surface area (Å²) in [6, 6.07) is 7.84. The molecule has 1 fully saturated rings. The Balaban J connectivity index is 1.56. The number of aromatic nitrogens is 1. The molecule has 10 heteroatoms. The van der Waals surface area contributed by atoms with E-state index in [9.17, 15) is 18.0 Å². The summed E-state index contributed by atoms with van der Waals surface area (Å²) in [7, 11) is 1.59. The minimum absolute atomic E-state index is 0.143. The molecule has 1 saturated heterocycles. The van der Waals surface area contributed by atoms with Gasteiger partial charge in [0, 0.05) is 38.5 Å². The molecule has 1 aliphatic rings. The lowest BCUT2D eigenvalue weighted by molar-refractivity contribution is -0.140. The van der Waals surface area contributed by atoms with Crippen molar-refractivity contribution in [3.8, 4) is 0 Å². The number of aliphatic imine (C=N–C) groups is 1. The number of hydrogen-bond acceptors (Lipinski definition) is 4. The molecule has 1 aromatic heterocycles. The SMILES string of the molecule is CN=C(NCc1nc(C(F)(F)F)cs1)NCc1ccccc1CN1CCCC1=O. The van der Waals surface area contributed by atoms with Gasteiger partial charge < -0.3 is 15.5 Å². The Morgan fingerprint density at radius 2 is 1.97 bits per heavy atom. The molecule has 29 heavy (non-hydrogen) atoms. The van der Waals surface area contributed by atoms with Gasteiger partial charge in [0.2, 0.25) is 5.91 Å². The summed E-state index contributed by atoms with van der Waals surface area (Å²) in [5.74, 6) is 0.632. The fourth-order valence-electron chi connectivity index (χ4n) is 3.04. The molecule has 0 saturated carbocycles. The van der Waals surface area contributed by atoms with E-state index in [0.717, 1.165) is 40.8 Å². The van der Waals surface area contributed by atoms with Gasteiger partial charge in [-0.1, -0.05) is 24.3 Å². The largest absolute Gasteiger partial charge is 0.434 e. The topological polar surface area (TPSA) is 69.6 Å². The second-order valence-electron chi connectivity index (χ2n) is 6.59. The summed E-state index contributed by atoms with van der Waals surface area (Å²) < 4.78 is 37.9. The average molecular weight is 425 g/mol. The zero-order valence-electron chi connectivity index (χ0n) is 15.9. The Hall–Kier alpha value is -2.62. The van der Waals surface area contributed by atoms with Crippen LogP contribution < -0.4 is 10.6 Å². The van der Waals surface area contributed by atoms with Gasteiger partial charge in [-0.05, 0) is 17.5 Å². The monoisotopic (exact) mass is 425 g/mol. The number of carbonyl (C=O) groups is 1. The van der Waals surface area contributed by atoms with Crippen molar-refractivity contribution in [2.45, 2.75) is 38.7 Å². The maximum Gasteiger partial charge on any atom is 0.434 e. The highest BCUT2D eigenvalue weighted by Crippen LogP contribution is 2.29. The lowest BCUT2D eigenvalue weighted by Gasteiger charge is -2.19. The van der Waals surface area contributed by atoms with Crippen LogP contribution in [-0.4, -0.2) is 35.3 Å². The number of benzene rings is 1.